The lowest BCUT2D eigenvalue weighted by atomic mass is 9.90. The molecule has 0 aliphatic carbocycles. The second-order valence-electron chi connectivity index (χ2n) is 5.90. The fraction of sp³-hybridized carbons (Fsp3) is 1.00. The highest BCUT2D eigenvalue weighted by Gasteiger charge is 2.49. The van der Waals surface area contributed by atoms with E-state index in [9.17, 15) is 35.7 Å². The molecule has 10 heteroatoms. The summed E-state index contributed by atoms with van der Waals surface area (Å²) in [5.74, 6) is -0.685. The third-order valence-electron chi connectivity index (χ3n) is 4.36. The van der Waals surface area contributed by atoms with Gasteiger partial charge in [0.15, 0.2) is 12.6 Å². The van der Waals surface area contributed by atoms with Crippen LogP contribution in [0.4, 0.5) is 0 Å². The summed E-state index contributed by atoms with van der Waals surface area (Å²) in [5.41, 5.74) is 0. The van der Waals surface area contributed by atoms with Gasteiger partial charge in [-0.3, -0.25) is 0 Å². The van der Waals surface area contributed by atoms with E-state index in [1.807, 2.05) is 0 Å². The second-order valence-corrected chi connectivity index (χ2v) is 5.90. The van der Waals surface area contributed by atoms with E-state index in [2.05, 4.69) is 0 Å². The van der Waals surface area contributed by atoms with Crippen LogP contribution in [0.5, 0.6) is 0 Å². The van der Waals surface area contributed by atoms with Crippen molar-refractivity contribution in [3.05, 3.63) is 0 Å². The Hall–Kier alpha value is -0.400. The number of rotatable bonds is 4. The van der Waals surface area contributed by atoms with Crippen molar-refractivity contribution in [2.24, 2.45) is 5.92 Å². The molecule has 10 atom stereocenters. The Morgan fingerprint density at radius 3 is 1.96 bits per heavy atom. The molecular weight excluding hydrogens is 316 g/mol. The lowest BCUT2D eigenvalue weighted by Crippen LogP contribution is -2.63. The predicted octanol–water partition coefficient (Wildman–Crippen LogP) is -4.12. The van der Waals surface area contributed by atoms with Crippen molar-refractivity contribution in [1.82, 2.24) is 0 Å². The zero-order valence-corrected chi connectivity index (χ0v) is 12.5. The van der Waals surface area contributed by atoms with E-state index in [-0.39, 0.29) is 0 Å². The Labute approximate surface area is 132 Å². The first-order chi connectivity index (χ1) is 10.8. The molecule has 2 aliphatic heterocycles. The predicted molar refractivity (Wildman–Crippen MR) is 71.8 cm³/mol. The second kappa shape index (κ2) is 7.66. The van der Waals surface area contributed by atoms with E-state index < -0.39 is 74.4 Å². The molecule has 6 unspecified atom stereocenters. The highest BCUT2D eigenvalue weighted by atomic mass is 16.7. The summed E-state index contributed by atoms with van der Waals surface area (Å²) < 4.78 is 15.6. The summed E-state index contributed by atoms with van der Waals surface area (Å²) >= 11 is 0. The van der Waals surface area contributed by atoms with Gasteiger partial charge in [-0.15, -0.1) is 0 Å². The van der Waals surface area contributed by atoms with Gasteiger partial charge in [-0.2, -0.15) is 0 Å². The SMILES string of the molecule is CC1C(O)[C@H](O[C@H]2C(CO)O[C@@H](O)C(O)C2O)OC(CO)[C@@H]1O. The third-order valence-corrected chi connectivity index (χ3v) is 4.36. The van der Waals surface area contributed by atoms with Crippen molar-refractivity contribution in [2.45, 2.75) is 62.2 Å². The van der Waals surface area contributed by atoms with Crippen LogP contribution in [0, 0.1) is 5.92 Å². The van der Waals surface area contributed by atoms with Gasteiger partial charge in [-0.05, 0) is 0 Å². The van der Waals surface area contributed by atoms with E-state index in [1.54, 1.807) is 0 Å². The molecule has 23 heavy (non-hydrogen) atoms. The van der Waals surface area contributed by atoms with Crippen LogP contribution in [0.1, 0.15) is 6.92 Å². The topological polar surface area (TPSA) is 169 Å². The van der Waals surface area contributed by atoms with Crippen LogP contribution in [0.15, 0.2) is 0 Å². The van der Waals surface area contributed by atoms with Gasteiger partial charge >= 0.3 is 0 Å². The standard InChI is InChI=1S/C13H24O10/c1-4-7(16)5(2-14)22-13(8(4)17)23-11-6(3-15)21-12(20)10(19)9(11)18/h4-20H,2-3H2,1H3/t4?,5?,6?,7-,8?,9?,10?,11+,12-,13+/m1/s1. The molecule has 2 rings (SSSR count). The average Bonchev–Trinajstić information content (AvgIpc) is 2.55. The smallest absolute Gasteiger partial charge is 0.184 e. The molecule has 0 aromatic carbocycles. The summed E-state index contributed by atoms with van der Waals surface area (Å²) in [5, 5.41) is 67.6. The molecule has 0 spiro atoms. The maximum Gasteiger partial charge on any atom is 0.184 e. The van der Waals surface area contributed by atoms with Crippen molar-refractivity contribution >= 4 is 0 Å². The van der Waals surface area contributed by atoms with Crippen molar-refractivity contribution < 1.29 is 50.0 Å². The van der Waals surface area contributed by atoms with Crippen molar-refractivity contribution in [3.63, 3.8) is 0 Å². The highest BCUT2D eigenvalue weighted by Crippen LogP contribution is 2.30. The van der Waals surface area contributed by atoms with Crippen LogP contribution < -0.4 is 0 Å². The minimum Gasteiger partial charge on any atom is -0.394 e. The first-order valence-corrected chi connectivity index (χ1v) is 7.40. The average molecular weight is 340 g/mol. The fourth-order valence-corrected chi connectivity index (χ4v) is 2.78. The molecule has 0 bridgehead atoms. The number of hydrogen-bond acceptors (Lipinski definition) is 10. The van der Waals surface area contributed by atoms with Crippen LogP contribution in [0.25, 0.3) is 0 Å². The van der Waals surface area contributed by atoms with Crippen molar-refractivity contribution in [3.8, 4) is 0 Å². The minimum absolute atomic E-state index is 0.507. The Bertz CT molecular complexity index is 378. The zero-order valence-electron chi connectivity index (χ0n) is 12.5. The summed E-state index contributed by atoms with van der Waals surface area (Å²) in [4.78, 5) is 0. The largest absolute Gasteiger partial charge is 0.394 e. The normalized spacial score (nSPS) is 51.7. The minimum atomic E-state index is -1.69. The Morgan fingerprint density at radius 2 is 1.39 bits per heavy atom. The van der Waals surface area contributed by atoms with Gasteiger partial charge in [0, 0.05) is 5.92 Å². The summed E-state index contributed by atoms with van der Waals surface area (Å²) in [7, 11) is 0. The number of aliphatic hydroxyl groups excluding tert-OH is 7. The maximum atomic E-state index is 10.1. The molecule has 2 heterocycles. The van der Waals surface area contributed by atoms with E-state index in [1.165, 1.54) is 6.92 Å². The van der Waals surface area contributed by atoms with Gasteiger partial charge in [0.1, 0.15) is 36.6 Å². The van der Waals surface area contributed by atoms with E-state index in [0.29, 0.717) is 0 Å². The number of ether oxygens (including phenoxy) is 3. The van der Waals surface area contributed by atoms with Gasteiger partial charge in [-0.1, -0.05) is 6.92 Å². The van der Waals surface area contributed by atoms with Crippen molar-refractivity contribution in [1.29, 1.82) is 0 Å². The van der Waals surface area contributed by atoms with Crippen LogP contribution in [-0.2, 0) is 14.2 Å². The third kappa shape index (κ3) is 3.66. The summed E-state index contributed by atoms with van der Waals surface area (Å²) in [6, 6.07) is 0. The van der Waals surface area contributed by atoms with Crippen LogP contribution in [0.3, 0.4) is 0 Å². The molecule has 7 N–H and O–H groups in total. The van der Waals surface area contributed by atoms with Gasteiger partial charge in [0.25, 0.3) is 0 Å². The molecule has 0 aromatic heterocycles. The molecule has 2 fully saturated rings. The van der Waals surface area contributed by atoms with E-state index in [4.69, 9.17) is 14.2 Å². The van der Waals surface area contributed by atoms with Crippen LogP contribution >= 0.6 is 0 Å². The molecular formula is C13H24O10. The van der Waals surface area contributed by atoms with Crippen LogP contribution in [0.2, 0.25) is 0 Å². The zero-order chi connectivity index (χ0) is 17.3. The van der Waals surface area contributed by atoms with Gasteiger partial charge in [-0.25, -0.2) is 0 Å². The monoisotopic (exact) mass is 340 g/mol. The first kappa shape index (κ1) is 18.9. The molecule has 2 saturated heterocycles. The number of hydrogen-bond donors (Lipinski definition) is 7. The Balaban J connectivity index is 2.11. The van der Waals surface area contributed by atoms with Crippen LogP contribution in [-0.4, -0.2) is 104 Å². The van der Waals surface area contributed by atoms with E-state index in [0.717, 1.165) is 0 Å². The molecule has 0 aromatic rings. The summed E-state index contributed by atoms with van der Waals surface area (Å²) in [6.07, 6.45) is -12.1. The quantitative estimate of drug-likeness (QED) is 0.267. The lowest BCUT2D eigenvalue weighted by molar-refractivity contribution is -0.350. The molecule has 10 nitrogen and oxygen atoms in total. The number of aliphatic hydroxyl groups is 7. The molecule has 136 valence electrons. The Morgan fingerprint density at radius 1 is 0.783 bits per heavy atom. The molecule has 0 radical (unpaired) electrons. The molecule has 2 aliphatic rings. The van der Waals surface area contributed by atoms with Gasteiger partial charge in [0.2, 0.25) is 0 Å². The van der Waals surface area contributed by atoms with Crippen molar-refractivity contribution in [2.75, 3.05) is 13.2 Å². The lowest BCUT2D eigenvalue weighted by Gasteiger charge is -2.45. The maximum absolute atomic E-state index is 10.1. The van der Waals surface area contributed by atoms with Gasteiger partial charge < -0.3 is 50.0 Å². The molecule has 0 amide bonds. The fourth-order valence-electron chi connectivity index (χ4n) is 2.78. The van der Waals surface area contributed by atoms with Gasteiger partial charge in [0.05, 0.1) is 19.3 Å². The first-order valence-electron chi connectivity index (χ1n) is 7.40. The highest BCUT2D eigenvalue weighted by molar-refractivity contribution is 4.92. The summed E-state index contributed by atoms with van der Waals surface area (Å²) in [6.45, 7) is 0.412. The van der Waals surface area contributed by atoms with E-state index >= 15 is 0 Å². The molecule has 0 saturated carbocycles. The Kier molecular flexibility index (Phi) is 6.30.